The minimum Gasteiger partial charge on any atom is -0.554 e. The van der Waals surface area contributed by atoms with Crippen LogP contribution in [0.2, 0.25) is 0 Å². The number of benzene rings is 2. The first-order valence-electron chi connectivity index (χ1n) is 11.7. The van der Waals surface area contributed by atoms with Crippen LogP contribution in [-0.2, 0) is 20.5 Å². The summed E-state index contributed by atoms with van der Waals surface area (Å²) in [4.78, 5) is 34.2. The molecule has 2 aromatic rings. The molecule has 0 radical (unpaired) electrons. The van der Waals surface area contributed by atoms with Crippen molar-refractivity contribution in [2.24, 2.45) is 0 Å². The Morgan fingerprint density at radius 2 is 1.65 bits per heavy atom. The molecule has 0 atom stereocenters. The van der Waals surface area contributed by atoms with E-state index in [-0.39, 0.29) is 5.91 Å². The number of rotatable bonds is 6. The summed E-state index contributed by atoms with van der Waals surface area (Å²) >= 11 is 0. The Hall–Kier alpha value is -2.72. The minimum absolute atomic E-state index is 0.0188. The Labute approximate surface area is 203 Å². The average Bonchev–Trinajstić information content (AvgIpc) is 2.75. The summed E-state index contributed by atoms with van der Waals surface area (Å²) in [6.45, 7) is 6.96. The highest BCUT2D eigenvalue weighted by Gasteiger charge is 2.41. The lowest BCUT2D eigenvalue weighted by atomic mass is 10.1. The third-order valence-corrected chi connectivity index (χ3v) is 10.3. The molecule has 1 aliphatic heterocycles. The van der Waals surface area contributed by atoms with E-state index >= 15 is 0 Å². The standard InChI is InChI=1S/C26H34NO3P.CH2O2/c1-20-12-11-15-22(25(29)30-26(2,3)4)24(20)27-23(28)19-31(16-9-6-10-17-31)18-21-13-7-5-8-14-21;2-1-3/h5,7-8,11-15H,6,9-10,16-19H2,1-4H3;1H,(H,2,3). The van der Waals surface area contributed by atoms with Crippen LogP contribution in [0.5, 0.6) is 0 Å². The smallest absolute Gasteiger partial charge is 0.340 e. The zero-order chi connectivity index (χ0) is 25.2. The first-order chi connectivity index (χ1) is 16.1. The molecule has 3 rings (SSSR count). The van der Waals surface area contributed by atoms with Crippen LogP contribution in [-0.4, -0.2) is 42.4 Å². The summed E-state index contributed by atoms with van der Waals surface area (Å²) < 4.78 is 5.57. The molecule has 1 saturated heterocycles. The Morgan fingerprint density at radius 3 is 2.24 bits per heavy atom. The molecular formula is C27H36NO5P. The Balaban J connectivity index is 0.00000129. The SMILES string of the molecule is Cc1cccc(C(=O)OC(C)(C)C)c1NC(=O)C[P+]1(Cc2ccccc2)CCCCC1.O=C[O-]. The summed E-state index contributed by atoms with van der Waals surface area (Å²) in [6, 6.07) is 16.0. The van der Waals surface area contributed by atoms with Gasteiger partial charge < -0.3 is 20.0 Å². The number of hydrogen-bond acceptors (Lipinski definition) is 5. The number of ether oxygens (including phenoxy) is 1. The van der Waals surface area contributed by atoms with E-state index in [9.17, 15) is 9.59 Å². The third-order valence-electron chi connectivity index (χ3n) is 5.76. The Morgan fingerprint density at radius 1 is 1.03 bits per heavy atom. The molecule has 0 saturated carbocycles. The maximum absolute atomic E-state index is 13.3. The first-order valence-corrected chi connectivity index (χ1v) is 14.2. The van der Waals surface area contributed by atoms with Crippen LogP contribution in [0.4, 0.5) is 5.69 Å². The number of aryl methyl sites for hydroxylation is 1. The third kappa shape index (κ3) is 8.57. The zero-order valence-electron chi connectivity index (χ0n) is 20.6. The predicted octanol–water partition coefficient (Wildman–Crippen LogP) is 4.66. The Bertz CT molecular complexity index is 963. The normalized spacial score (nSPS) is 14.8. The van der Waals surface area contributed by atoms with Gasteiger partial charge in [0.1, 0.15) is 11.8 Å². The van der Waals surface area contributed by atoms with Crippen molar-refractivity contribution >= 4 is 31.3 Å². The number of carbonyl (C=O) groups is 3. The van der Waals surface area contributed by atoms with Crippen LogP contribution in [0, 0.1) is 6.92 Å². The fourth-order valence-corrected chi connectivity index (χ4v) is 8.78. The average molecular weight is 486 g/mol. The highest BCUT2D eigenvalue weighted by molar-refractivity contribution is 7.76. The van der Waals surface area contributed by atoms with E-state index in [2.05, 4.69) is 29.6 Å². The fourth-order valence-electron chi connectivity index (χ4n) is 4.35. The van der Waals surface area contributed by atoms with Crippen molar-refractivity contribution in [2.75, 3.05) is 23.8 Å². The van der Waals surface area contributed by atoms with E-state index in [0.717, 1.165) is 11.7 Å². The van der Waals surface area contributed by atoms with E-state index in [4.69, 9.17) is 14.6 Å². The van der Waals surface area contributed by atoms with Crippen LogP contribution < -0.4 is 10.4 Å². The van der Waals surface area contributed by atoms with Gasteiger partial charge in [0.05, 0.1) is 29.7 Å². The van der Waals surface area contributed by atoms with Crippen molar-refractivity contribution in [1.29, 1.82) is 0 Å². The molecule has 1 aliphatic rings. The molecule has 6 nitrogen and oxygen atoms in total. The summed E-state index contributed by atoms with van der Waals surface area (Å²) in [7, 11) is -1.42. The van der Waals surface area contributed by atoms with Gasteiger partial charge in [0.2, 0.25) is 0 Å². The molecule has 0 bridgehead atoms. The topological polar surface area (TPSA) is 95.5 Å². The van der Waals surface area contributed by atoms with Gasteiger partial charge in [-0.1, -0.05) is 42.5 Å². The van der Waals surface area contributed by atoms with E-state index in [1.165, 1.54) is 37.1 Å². The van der Waals surface area contributed by atoms with Crippen LogP contribution in [0.3, 0.4) is 0 Å². The number of anilines is 1. The molecule has 1 heterocycles. The second-order valence-corrected chi connectivity index (χ2v) is 14.0. The monoisotopic (exact) mass is 485 g/mol. The summed E-state index contributed by atoms with van der Waals surface area (Å²) in [6.07, 6.45) is 7.61. The van der Waals surface area contributed by atoms with Crippen molar-refractivity contribution in [3.8, 4) is 0 Å². The van der Waals surface area contributed by atoms with Gasteiger partial charge >= 0.3 is 5.97 Å². The van der Waals surface area contributed by atoms with Gasteiger partial charge in [-0.15, -0.1) is 0 Å². The number of nitrogens with one attached hydrogen (secondary N) is 1. The highest BCUT2D eigenvalue weighted by atomic mass is 31.2. The second-order valence-electron chi connectivity index (χ2n) is 9.80. The van der Waals surface area contributed by atoms with E-state index < -0.39 is 25.3 Å². The van der Waals surface area contributed by atoms with Crippen LogP contribution in [0.25, 0.3) is 0 Å². The van der Waals surface area contributed by atoms with Crippen LogP contribution >= 0.6 is 7.26 Å². The van der Waals surface area contributed by atoms with E-state index in [1.807, 2.05) is 45.9 Å². The number of para-hydroxylation sites is 1. The van der Waals surface area contributed by atoms with Gasteiger partial charge in [0, 0.05) is 13.7 Å². The number of esters is 1. The summed E-state index contributed by atoms with van der Waals surface area (Å²) in [5, 5.41) is 11.3. The van der Waals surface area contributed by atoms with Crippen molar-refractivity contribution in [3.63, 3.8) is 0 Å². The minimum atomic E-state index is -1.42. The lowest BCUT2D eigenvalue weighted by Gasteiger charge is -2.31. The molecule has 1 fully saturated rings. The molecule has 184 valence electrons. The van der Waals surface area contributed by atoms with Gasteiger partial charge in [-0.25, -0.2) is 4.79 Å². The molecule has 1 amide bonds. The molecule has 0 spiro atoms. The molecule has 0 aromatic heterocycles. The van der Waals surface area contributed by atoms with Gasteiger partial charge in [-0.05, 0) is 64.2 Å². The van der Waals surface area contributed by atoms with Crippen molar-refractivity contribution in [3.05, 3.63) is 65.2 Å². The second kappa shape index (κ2) is 12.7. The number of carbonyl (C=O) groups excluding carboxylic acids is 3. The maximum Gasteiger partial charge on any atom is 0.340 e. The van der Waals surface area contributed by atoms with E-state index in [1.54, 1.807) is 6.07 Å². The van der Waals surface area contributed by atoms with Crippen molar-refractivity contribution in [1.82, 2.24) is 0 Å². The molecule has 0 unspecified atom stereocenters. The summed E-state index contributed by atoms with van der Waals surface area (Å²) in [5.74, 6) is -0.386. The van der Waals surface area contributed by atoms with Crippen molar-refractivity contribution < 1.29 is 24.2 Å². The molecule has 1 N–H and O–H groups in total. The first kappa shape index (κ1) is 27.5. The van der Waals surface area contributed by atoms with Gasteiger partial charge in [0.15, 0.2) is 0 Å². The molecule has 0 aliphatic carbocycles. The molecule has 34 heavy (non-hydrogen) atoms. The number of amides is 1. The zero-order valence-corrected chi connectivity index (χ0v) is 21.5. The Kier molecular flexibility index (Phi) is 10.2. The van der Waals surface area contributed by atoms with Gasteiger partial charge in [0.25, 0.3) is 5.91 Å². The predicted molar refractivity (Wildman–Crippen MR) is 137 cm³/mol. The van der Waals surface area contributed by atoms with Crippen LogP contribution in [0.1, 0.15) is 61.5 Å². The number of hydrogen-bond donors (Lipinski definition) is 1. The molecule has 7 heteroatoms. The van der Waals surface area contributed by atoms with E-state index in [0.29, 0.717) is 17.4 Å². The fraction of sp³-hybridized carbons (Fsp3) is 0.444. The summed E-state index contributed by atoms with van der Waals surface area (Å²) in [5.41, 5.74) is 2.61. The van der Waals surface area contributed by atoms with Crippen LogP contribution in [0.15, 0.2) is 48.5 Å². The maximum atomic E-state index is 13.3. The number of carboxylic acid groups (broad SMARTS) is 1. The quantitative estimate of drug-likeness (QED) is 0.365. The molecule has 2 aromatic carbocycles. The van der Waals surface area contributed by atoms with Crippen molar-refractivity contribution in [2.45, 2.75) is 58.7 Å². The lowest BCUT2D eigenvalue weighted by Crippen LogP contribution is -2.27. The molecular weight excluding hydrogens is 449 g/mol. The van der Waals surface area contributed by atoms with Gasteiger partial charge in [-0.2, -0.15) is 0 Å². The highest BCUT2D eigenvalue weighted by Crippen LogP contribution is 2.64. The lowest BCUT2D eigenvalue weighted by molar-refractivity contribution is -0.283. The van der Waals surface area contributed by atoms with Gasteiger partial charge in [-0.3, -0.25) is 4.79 Å². The largest absolute Gasteiger partial charge is 0.554 e.